The number of hydrogen-bond acceptors (Lipinski definition) is 2. The van der Waals surface area contributed by atoms with E-state index in [1.165, 1.54) is 12.0 Å². The molecule has 3 nitrogen and oxygen atoms in total. The molecule has 2 N–H and O–H groups in total. The topological polar surface area (TPSA) is 41.1 Å². The smallest absolute Gasteiger partial charge is 0.255 e. The Hall–Kier alpha value is -1.84. The number of amides is 1. The van der Waals surface area contributed by atoms with Gasteiger partial charge < -0.3 is 10.6 Å². The van der Waals surface area contributed by atoms with Crippen LogP contribution < -0.4 is 10.6 Å². The van der Waals surface area contributed by atoms with Gasteiger partial charge in [0, 0.05) is 22.3 Å². The van der Waals surface area contributed by atoms with Crippen LogP contribution in [0.2, 0.25) is 5.02 Å². The zero-order valence-electron chi connectivity index (χ0n) is 11.6. The molecule has 2 aromatic carbocycles. The molecule has 1 atom stereocenters. The van der Waals surface area contributed by atoms with Crippen molar-refractivity contribution in [3.05, 3.63) is 64.7 Å². The van der Waals surface area contributed by atoms with Crippen LogP contribution in [0.25, 0.3) is 0 Å². The number of hydrogen-bond donors (Lipinski definition) is 2. The normalized spacial score (nSPS) is 17.1. The molecule has 0 aliphatic carbocycles. The van der Waals surface area contributed by atoms with Gasteiger partial charge in [-0.05, 0) is 61.3 Å². The second-order valence-corrected chi connectivity index (χ2v) is 5.74. The summed E-state index contributed by atoms with van der Waals surface area (Å²) in [6, 6.07) is 15.5. The maximum atomic E-state index is 12.1. The Morgan fingerprint density at radius 2 is 1.81 bits per heavy atom. The van der Waals surface area contributed by atoms with Gasteiger partial charge in [-0.2, -0.15) is 0 Å². The molecule has 1 aliphatic rings. The second kappa shape index (κ2) is 6.29. The third-order valence-electron chi connectivity index (χ3n) is 3.73. The quantitative estimate of drug-likeness (QED) is 0.907. The molecule has 0 radical (unpaired) electrons. The van der Waals surface area contributed by atoms with Gasteiger partial charge in [0.1, 0.15) is 0 Å². The van der Waals surface area contributed by atoms with E-state index in [0.717, 1.165) is 18.7 Å². The Bertz CT molecular complexity index is 618. The second-order valence-electron chi connectivity index (χ2n) is 5.30. The zero-order chi connectivity index (χ0) is 14.7. The van der Waals surface area contributed by atoms with Crippen molar-refractivity contribution < 1.29 is 4.79 Å². The van der Waals surface area contributed by atoms with Crippen LogP contribution in [0, 0.1) is 0 Å². The standard InChI is InChI=1S/C17H17ClN2O/c18-14-5-3-13(4-6-14)17(21)20-15-7-1-12(2-8-15)11-16-9-10-19-16/h1-8,16,19H,9-11H2,(H,20,21)/t16-/m0/s1. The van der Waals surface area contributed by atoms with Gasteiger partial charge in [-0.3, -0.25) is 4.79 Å². The summed E-state index contributed by atoms with van der Waals surface area (Å²) in [7, 11) is 0. The Kier molecular flexibility index (Phi) is 4.23. The molecule has 1 aliphatic heterocycles. The maximum absolute atomic E-state index is 12.1. The fourth-order valence-electron chi connectivity index (χ4n) is 2.34. The molecule has 1 heterocycles. The SMILES string of the molecule is O=C(Nc1ccc(C[C@@H]2CCN2)cc1)c1ccc(Cl)cc1. The monoisotopic (exact) mass is 300 g/mol. The van der Waals surface area contributed by atoms with Crippen LogP contribution in [0.5, 0.6) is 0 Å². The summed E-state index contributed by atoms with van der Waals surface area (Å²) >= 11 is 5.82. The Balaban J connectivity index is 1.61. The Morgan fingerprint density at radius 1 is 1.14 bits per heavy atom. The van der Waals surface area contributed by atoms with Gasteiger partial charge >= 0.3 is 0 Å². The van der Waals surface area contributed by atoms with Crippen molar-refractivity contribution in [2.75, 3.05) is 11.9 Å². The molecule has 0 spiro atoms. The molecule has 2 aromatic rings. The summed E-state index contributed by atoms with van der Waals surface area (Å²) in [5.74, 6) is -0.125. The first-order valence-electron chi connectivity index (χ1n) is 7.10. The number of halogens is 1. The summed E-state index contributed by atoms with van der Waals surface area (Å²) in [4.78, 5) is 12.1. The lowest BCUT2D eigenvalue weighted by Gasteiger charge is -2.27. The molecule has 4 heteroatoms. The predicted molar refractivity (Wildman–Crippen MR) is 86.0 cm³/mol. The summed E-state index contributed by atoms with van der Waals surface area (Å²) < 4.78 is 0. The van der Waals surface area contributed by atoms with Gasteiger partial charge in [0.05, 0.1) is 0 Å². The van der Waals surface area contributed by atoms with Crippen LogP contribution in [-0.2, 0) is 6.42 Å². The third-order valence-corrected chi connectivity index (χ3v) is 3.98. The average Bonchev–Trinajstić information content (AvgIpc) is 2.45. The van der Waals surface area contributed by atoms with Gasteiger partial charge in [-0.1, -0.05) is 23.7 Å². The van der Waals surface area contributed by atoms with E-state index in [4.69, 9.17) is 11.6 Å². The van der Waals surface area contributed by atoms with E-state index in [1.807, 2.05) is 12.1 Å². The largest absolute Gasteiger partial charge is 0.322 e. The van der Waals surface area contributed by atoms with Crippen LogP contribution in [0.15, 0.2) is 48.5 Å². The zero-order valence-corrected chi connectivity index (χ0v) is 12.4. The van der Waals surface area contributed by atoms with Crippen molar-refractivity contribution in [1.82, 2.24) is 5.32 Å². The summed E-state index contributed by atoms with van der Waals surface area (Å²) in [5.41, 5.74) is 2.69. The minimum atomic E-state index is -0.125. The molecule has 108 valence electrons. The molecule has 0 saturated carbocycles. The maximum Gasteiger partial charge on any atom is 0.255 e. The lowest BCUT2D eigenvalue weighted by molar-refractivity contribution is 0.102. The van der Waals surface area contributed by atoms with Crippen molar-refractivity contribution in [2.45, 2.75) is 18.9 Å². The first kappa shape index (κ1) is 14.1. The van der Waals surface area contributed by atoms with Crippen LogP contribution >= 0.6 is 11.6 Å². The highest BCUT2D eigenvalue weighted by molar-refractivity contribution is 6.30. The number of rotatable bonds is 4. The van der Waals surface area contributed by atoms with Gasteiger partial charge in [-0.15, -0.1) is 0 Å². The predicted octanol–water partition coefficient (Wildman–Crippen LogP) is 3.50. The van der Waals surface area contributed by atoms with E-state index in [2.05, 4.69) is 22.8 Å². The van der Waals surface area contributed by atoms with Crippen molar-refractivity contribution in [1.29, 1.82) is 0 Å². The van der Waals surface area contributed by atoms with Crippen LogP contribution in [0.1, 0.15) is 22.3 Å². The Labute approximate surface area is 129 Å². The molecule has 21 heavy (non-hydrogen) atoms. The highest BCUT2D eigenvalue weighted by Gasteiger charge is 2.16. The average molecular weight is 301 g/mol. The van der Waals surface area contributed by atoms with Crippen molar-refractivity contribution in [3.8, 4) is 0 Å². The summed E-state index contributed by atoms with van der Waals surface area (Å²) in [6.45, 7) is 1.12. The fourth-order valence-corrected chi connectivity index (χ4v) is 2.46. The summed E-state index contributed by atoms with van der Waals surface area (Å²) in [6.07, 6.45) is 2.29. The highest BCUT2D eigenvalue weighted by Crippen LogP contribution is 2.16. The lowest BCUT2D eigenvalue weighted by Crippen LogP contribution is -2.44. The van der Waals surface area contributed by atoms with Crippen molar-refractivity contribution >= 4 is 23.2 Å². The molecular weight excluding hydrogens is 284 g/mol. The van der Waals surface area contributed by atoms with Crippen molar-refractivity contribution in [2.24, 2.45) is 0 Å². The number of carbonyl (C=O) groups is 1. The van der Waals surface area contributed by atoms with Gasteiger partial charge in [0.2, 0.25) is 0 Å². The molecule has 0 bridgehead atoms. The number of benzene rings is 2. The molecule has 1 fully saturated rings. The highest BCUT2D eigenvalue weighted by atomic mass is 35.5. The summed E-state index contributed by atoms with van der Waals surface area (Å²) in [5, 5.41) is 6.90. The molecular formula is C17H17ClN2O. The fraction of sp³-hybridized carbons (Fsp3) is 0.235. The van der Waals surface area contributed by atoms with E-state index >= 15 is 0 Å². The number of anilines is 1. The number of nitrogens with one attached hydrogen (secondary N) is 2. The van der Waals surface area contributed by atoms with E-state index in [-0.39, 0.29) is 5.91 Å². The van der Waals surface area contributed by atoms with Crippen LogP contribution in [0.3, 0.4) is 0 Å². The minimum absolute atomic E-state index is 0.125. The Morgan fingerprint density at radius 3 is 2.38 bits per heavy atom. The first-order chi connectivity index (χ1) is 10.2. The van der Waals surface area contributed by atoms with E-state index in [9.17, 15) is 4.79 Å². The number of carbonyl (C=O) groups excluding carboxylic acids is 1. The third kappa shape index (κ3) is 3.63. The van der Waals surface area contributed by atoms with Crippen LogP contribution in [0.4, 0.5) is 5.69 Å². The van der Waals surface area contributed by atoms with Crippen LogP contribution in [-0.4, -0.2) is 18.5 Å². The molecule has 0 aromatic heterocycles. The molecule has 0 unspecified atom stereocenters. The molecule has 1 saturated heterocycles. The first-order valence-corrected chi connectivity index (χ1v) is 7.48. The lowest BCUT2D eigenvalue weighted by atomic mass is 9.98. The van der Waals surface area contributed by atoms with Gasteiger partial charge in [0.15, 0.2) is 0 Å². The minimum Gasteiger partial charge on any atom is -0.322 e. The molecule has 3 rings (SSSR count). The van der Waals surface area contributed by atoms with E-state index in [1.54, 1.807) is 24.3 Å². The van der Waals surface area contributed by atoms with Crippen molar-refractivity contribution in [3.63, 3.8) is 0 Å². The van der Waals surface area contributed by atoms with Gasteiger partial charge in [-0.25, -0.2) is 0 Å². The van der Waals surface area contributed by atoms with E-state index < -0.39 is 0 Å². The van der Waals surface area contributed by atoms with E-state index in [0.29, 0.717) is 16.6 Å². The van der Waals surface area contributed by atoms with Gasteiger partial charge in [0.25, 0.3) is 5.91 Å². The molecule has 1 amide bonds.